The van der Waals surface area contributed by atoms with Crippen molar-refractivity contribution in [3.63, 3.8) is 0 Å². The van der Waals surface area contributed by atoms with E-state index in [2.05, 4.69) is 34.6 Å². The molecular weight excluding hydrogens is 582 g/mol. The number of ether oxygens (including phenoxy) is 4. The van der Waals surface area contributed by atoms with Crippen molar-refractivity contribution in [2.45, 2.75) is 94.7 Å². The van der Waals surface area contributed by atoms with Gasteiger partial charge in [0.15, 0.2) is 12.1 Å². The van der Waals surface area contributed by atoms with Gasteiger partial charge in [0.05, 0.1) is 32.0 Å². The number of piperidine rings is 1. The summed E-state index contributed by atoms with van der Waals surface area (Å²) in [4.78, 5) is 15.8. The number of hydrogen-bond donors (Lipinski definition) is 3. The molecule has 9 nitrogen and oxygen atoms in total. The van der Waals surface area contributed by atoms with E-state index in [4.69, 9.17) is 18.9 Å². The Morgan fingerprint density at radius 3 is 2.24 bits per heavy atom. The summed E-state index contributed by atoms with van der Waals surface area (Å²) in [7, 11) is 0. The van der Waals surface area contributed by atoms with E-state index in [0.717, 1.165) is 91.9 Å². The van der Waals surface area contributed by atoms with Crippen molar-refractivity contribution in [1.82, 2.24) is 10.2 Å². The van der Waals surface area contributed by atoms with Crippen LogP contribution in [-0.2, 0) is 25.6 Å². The molecule has 2 aromatic rings. The highest BCUT2D eigenvalue weighted by Crippen LogP contribution is 2.55. The minimum atomic E-state index is -0.589. The summed E-state index contributed by atoms with van der Waals surface area (Å²) in [6.07, 6.45) is 8.27. The number of aliphatic hydroxyl groups is 1. The Labute approximate surface area is 272 Å². The van der Waals surface area contributed by atoms with Gasteiger partial charge >= 0.3 is 6.03 Å². The first-order valence-corrected chi connectivity index (χ1v) is 17.6. The zero-order valence-electron chi connectivity index (χ0n) is 27.0. The van der Waals surface area contributed by atoms with Gasteiger partial charge in [0.1, 0.15) is 0 Å². The second-order valence-corrected chi connectivity index (χ2v) is 15.1. The maximum absolute atomic E-state index is 13.4. The highest BCUT2D eigenvalue weighted by molar-refractivity contribution is 5.90. The molecule has 4 bridgehead atoms. The molecule has 1 spiro atoms. The molecule has 2 aromatic carbocycles. The predicted octanol–water partition coefficient (Wildman–Crippen LogP) is 5.90. The molecule has 0 unspecified atom stereocenters. The van der Waals surface area contributed by atoms with Crippen LogP contribution in [-0.4, -0.2) is 66.3 Å². The Kier molecular flexibility index (Phi) is 8.36. The third-order valence-electron chi connectivity index (χ3n) is 11.8. The fraction of sp³-hybridized carbons (Fsp3) is 0.649. The first kappa shape index (κ1) is 30.8. The lowest BCUT2D eigenvalue weighted by molar-refractivity contribution is -0.278. The van der Waals surface area contributed by atoms with Crippen LogP contribution in [0.4, 0.5) is 10.5 Å². The number of amides is 2. The standard InChI is InChI=1S/C37H49N3O6/c1-24-32(22-40-11-9-37(10-12-40)43-13-14-44-37)45-34(46-33(24)29-7-5-25(23-41)6-8-29)30-3-2-4-31(18-30)38-35(42)39-36-19-26-15-27(20-36)17-28(16-26)21-36/h2-8,18,24,26-28,32-34,41H,9-17,19-23H2,1H3,(H2,38,39,42)/t24-,26?,27?,28?,32+,33+,34+,36?/m0/s1. The van der Waals surface area contributed by atoms with E-state index in [1.54, 1.807) is 0 Å². The van der Waals surface area contributed by atoms with E-state index in [9.17, 15) is 9.90 Å². The molecule has 9 rings (SSSR count). The lowest BCUT2D eigenvalue weighted by atomic mass is 9.53. The predicted molar refractivity (Wildman–Crippen MR) is 173 cm³/mol. The molecule has 7 aliphatic rings. The van der Waals surface area contributed by atoms with Crippen LogP contribution in [0.25, 0.3) is 0 Å². The van der Waals surface area contributed by atoms with Gasteiger partial charge in [-0.3, -0.25) is 0 Å². The van der Waals surface area contributed by atoms with Crippen LogP contribution in [0, 0.1) is 23.7 Å². The maximum atomic E-state index is 13.4. The Hall–Kier alpha value is -2.53. The number of carbonyl (C=O) groups excluding carboxylic acids is 1. The van der Waals surface area contributed by atoms with Crippen molar-refractivity contribution >= 4 is 11.7 Å². The number of likely N-dealkylation sites (tertiary alicyclic amines) is 1. The van der Waals surface area contributed by atoms with Crippen LogP contribution in [0.1, 0.15) is 87.4 Å². The van der Waals surface area contributed by atoms with Crippen molar-refractivity contribution in [1.29, 1.82) is 0 Å². The number of nitrogens with zero attached hydrogens (tertiary/aromatic N) is 1. The van der Waals surface area contributed by atoms with Crippen molar-refractivity contribution < 1.29 is 28.8 Å². The number of anilines is 1. The van der Waals surface area contributed by atoms with Crippen LogP contribution < -0.4 is 10.6 Å². The molecule has 9 heteroatoms. The third-order valence-corrected chi connectivity index (χ3v) is 11.8. The Morgan fingerprint density at radius 1 is 0.913 bits per heavy atom. The van der Waals surface area contributed by atoms with E-state index in [0.29, 0.717) is 13.2 Å². The average molecular weight is 632 g/mol. The monoisotopic (exact) mass is 631 g/mol. The molecule has 248 valence electrons. The molecule has 3 aliphatic heterocycles. The molecule has 0 aromatic heterocycles. The topological polar surface area (TPSA) is 102 Å². The Balaban J connectivity index is 0.976. The molecule has 2 amide bonds. The summed E-state index contributed by atoms with van der Waals surface area (Å²) >= 11 is 0. The number of benzene rings is 2. The van der Waals surface area contributed by atoms with E-state index in [1.807, 2.05) is 36.4 Å². The van der Waals surface area contributed by atoms with E-state index in [1.165, 1.54) is 19.3 Å². The SMILES string of the molecule is C[C@H]1[C@@H](CN2CCC3(CC2)OCCO3)O[C@@H](c2cccc(NC(=O)NC34CC5CC(CC(C5)C3)C4)c2)O[C@H]1c1ccc(CO)cc1. The van der Waals surface area contributed by atoms with Gasteiger partial charge in [-0.2, -0.15) is 0 Å². The minimum Gasteiger partial charge on any atom is -0.392 e. The summed E-state index contributed by atoms with van der Waals surface area (Å²) in [6.45, 7) is 6.14. The van der Waals surface area contributed by atoms with Crippen LogP contribution >= 0.6 is 0 Å². The van der Waals surface area contributed by atoms with Crippen molar-refractivity contribution in [2.75, 3.05) is 38.2 Å². The lowest BCUT2D eigenvalue weighted by Crippen LogP contribution is -2.60. The fourth-order valence-corrected chi connectivity index (χ4v) is 9.87. The first-order valence-electron chi connectivity index (χ1n) is 17.6. The van der Waals surface area contributed by atoms with Gasteiger partial charge in [0, 0.05) is 55.2 Å². The second kappa shape index (κ2) is 12.5. The van der Waals surface area contributed by atoms with Gasteiger partial charge in [-0.15, -0.1) is 0 Å². The molecule has 3 N–H and O–H groups in total. The van der Waals surface area contributed by atoms with Crippen LogP contribution in [0.2, 0.25) is 0 Å². The Bertz CT molecular complexity index is 1350. The summed E-state index contributed by atoms with van der Waals surface area (Å²) in [5, 5.41) is 16.2. The maximum Gasteiger partial charge on any atom is 0.319 e. The molecule has 3 saturated heterocycles. The smallest absolute Gasteiger partial charge is 0.319 e. The largest absolute Gasteiger partial charge is 0.392 e. The summed E-state index contributed by atoms with van der Waals surface area (Å²) in [5.41, 5.74) is 3.52. The number of urea groups is 1. The summed E-state index contributed by atoms with van der Waals surface area (Å²) in [5.74, 6) is 2.00. The number of rotatable bonds is 7. The van der Waals surface area contributed by atoms with Gasteiger partial charge in [0.2, 0.25) is 0 Å². The second-order valence-electron chi connectivity index (χ2n) is 15.1. The van der Waals surface area contributed by atoms with Gasteiger partial charge in [-0.1, -0.05) is 43.3 Å². The molecular formula is C37H49N3O6. The average Bonchev–Trinajstić information content (AvgIpc) is 3.50. The normalized spacial score (nSPS) is 36.6. The van der Waals surface area contributed by atoms with E-state index in [-0.39, 0.29) is 36.3 Å². The van der Waals surface area contributed by atoms with Crippen LogP contribution in [0.15, 0.2) is 48.5 Å². The highest BCUT2D eigenvalue weighted by Gasteiger charge is 2.51. The zero-order chi connectivity index (χ0) is 31.3. The molecule has 4 saturated carbocycles. The van der Waals surface area contributed by atoms with Crippen molar-refractivity contribution in [3.8, 4) is 0 Å². The molecule has 3 heterocycles. The molecule has 46 heavy (non-hydrogen) atoms. The lowest BCUT2D eigenvalue weighted by Gasteiger charge is -2.56. The summed E-state index contributed by atoms with van der Waals surface area (Å²) < 4.78 is 25.4. The first-order chi connectivity index (χ1) is 22.4. The van der Waals surface area contributed by atoms with Gasteiger partial charge < -0.3 is 39.6 Å². The molecule has 4 atom stereocenters. The van der Waals surface area contributed by atoms with Gasteiger partial charge in [-0.25, -0.2) is 4.79 Å². The van der Waals surface area contributed by atoms with E-state index < -0.39 is 12.1 Å². The molecule has 7 fully saturated rings. The third kappa shape index (κ3) is 6.22. The van der Waals surface area contributed by atoms with Crippen LogP contribution in [0.3, 0.4) is 0 Å². The number of aliphatic hydroxyl groups excluding tert-OH is 1. The zero-order valence-corrected chi connectivity index (χ0v) is 27.0. The highest BCUT2D eigenvalue weighted by atomic mass is 16.7. The van der Waals surface area contributed by atoms with Gasteiger partial charge in [0.25, 0.3) is 0 Å². The van der Waals surface area contributed by atoms with Crippen molar-refractivity contribution in [3.05, 3.63) is 65.2 Å². The number of nitrogens with one attached hydrogen (secondary N) is 2. The Morgan fingerprint density at radius 2 is 1.59 bits per heavy atom. The van der Waals surface area contributed by atoms with Crippen molar-refractivity contribution in [2.24, 2.45) is 23.7 Å². The summed E-state index contributed by atoms with van der Waals surface area (Å²) in [6, 6.07) is 15.8. The van der Waals surface area contributed by atoms with Gasteiger partial charge in [-0.05, 0) is 79.5 Å². The fourth-order valence-electron chi connectivity index (χ4n) is 9.87. The number of hydrogen-bond acceptors (Lipinski definition) is 7. The molecule has 0 radical (unpaired) electrons. The quantitative estimate of drug-likeness (QED) is 0.350. The number of carbonyl (C=O) groups is 1. The van der Waals surface area contributed by atoms with Crippen LogP contribution in [0.5, 0.6) is 0 Å². The minimum absolute atomic E-state index is 0.00975. The molecule has 4 aliphatic carbocycles. The van der Waals surface area contributed by atoms with E-state index >= 15 is 0 Å².